The Hall–Kier alpha value is -1.55. The minimum atomic E-state index is -0.553. The van der Waals surface area contributed by atoms with E-state index in [-0.39, 0.29) is 12.4 Å². The van der Waals surface area contributed by atoms with Crippen LogP contribution in [0, 0.1) is 13.8 Å². The number of aryl methyl sites for hydroxylation is 2. The van der Waals surface area contributed by atoms with Gasteiger partial charge in [-0.25, -0.2) is 0 Å². The average molecular weight is 251 g/mol. The van der Waals surface area contributed by atoms with Gasteiger partial charge in [-0.2, -0.15) is 0 Å². The second kappa shape index (κ2) is 7.01. The predicted molar refractivity (Wildman–Crippen MR) is 71.7 cm³/mol. The maximum atomic E-state index is 10.9. The van der Waals surface area contributed by atoms with Crippen LogP contribution >= 0.6 is 0 Å². The first-order valence-corrected chi connectivity index (χ1v) is 6.09. The van der Waals surface area contributed by atoms with Crippen molar-refractivity contribution < 1.29 is 14.6 Å². The summed E-state index contributed by atoms with van der Waals surface area (Å²) in [5, 5.41) is 13.0. The van der Waals surface area contributed by atoms with E-state index in [4.69, 9.17) is 0 Å². The highest BCUT2D eigenvalue weighted by Gasteiger charge is 2.09. The summed E-state index contributed by atoms with van der Waals surface area (Å²) in [5.74, 6) is -0.291. The highest BCUT2D eigenvalue weighted by molar-refractivity contribution is 5.69. The van der Waals surface area contributed by atoms with Crippen molar-refractivity contribution in [2.75, 3.05) is 19.0 Å². The van der Waals surface area contributed by atoms with Crippen LogP contribution in [0.5, 0.6) is 0 Å². The summed E-state index contributed by atoms with van der Waals surface area (Å²) < 4.78 is 4.53. The molecule has 18 heavy (non-hydrogen) atoms. The van der Waals surface area contributed by atoms with Crippen molar-refractivity contribution in [1.29, 1.82) is 0 Å². The van der Waals surface area contributed by atoms with E-state index in [1.807, 2.05) is 32.0 Å². The van der Waals surface area contributed by atoms with Crippen molar-refractivity contribution in [3.05, 3.63) is 29.3 Å². The molecule has 0 saturated heterocycles. The summed E-state index contributed by atoms with van der Waals surface area (Å²) in [7, 11) is 1.35. The molecule has 0 aliphatic carbocycles. The van der Waals surface area contributed by atoms with Crippen molar-refractivity contribution in [2.24, 2.45) is 0 Å². The third kappa shape index (κ3) is 4.37. The molecule has 0 aliphatic heterocycles. The number of methoxy groups -OCH3 is 1. The molecule has 4 heteroatoms. The SMILES string of the molecule is COC(=O)CCC(O)CNc1c(C)cccc1C. The van der Waals surface area contributed by atoms with Crippen LogP contribution in [0.4, 0.5) is 5.69 Å². The van der Waals surface area contributed by atoms with Crippen LogP contribution in [-0.4, -0.2) is 30.8 Å². The number of esters is 1. The van der Waals surface area contributed by atoms with Crippen molar-refractivity contribution in [1.82, 2.24) is 0 Å². The van der Waals surface area contributed by atoms with Gasteiger partial charge in [0.05, 0.1) is 13.2 Å². The molecule has 0 saturated carbocycles. The Bertz CT molecular complexity index is 384. The lowest BCUT2D eigenvalue weighted by molar-refractivity contribution is -0.141. The summed E-state index contributed by atoms with van der Waals surface area (Å²) in [6.07, 6.45) is 0.0968. The van der Waals surface area contributed by atoms with Gasteiger partial charge in [0.15, 0.2) is 0 Å². The van der Waals surface area contributed by atoms with Gasteiger partial charge in [-0.05, 0) is 31.4 Å². The molecule has 0 aromatic heterocycles. The number of hydrogen-bond donors (Lipinski definition) is 2. The molecule has 0 spiro atoms. The van der Waals surface area contributed by atoms with Gasteiger partial charge in [-0.15, -0.1) is 0 Å². The van der Waals surface area contributed by atoms with E-state index in [9.17, 15) is 9.90 Å². The molecule has 0 amide bonds. The van der Waals surface area contributed by atoms with Crippen molar-refractivity contribution in [3.8, 4) is 0 Å². The fraction of sp³-hybridized carbons (Fsp3) is 0.500. The van der Waals surface area contributed by atoms with E-state index in [0.717, 1.165) is 16.8 Å². The first-order chi connectivity index (χ1) is 8.54. The summed E-state index contributed by atoms with van der Waals surface area (Å²) in [6, 6.07) is 6.05. The molecule has 0 radical (unpaired) electrons. The maximum Gasteiger partial charge on any atom is 0.305 e. The number of para-hydroxylation sites is 1. The Morgan fingerprint density at radius 2 is 2.00 bits per heavy atom. The number of ether oxygens (including phenoxy) is 1. The minimum absolute atomic E-state index is 0.242. The molecule has 1 unspecified atom stereocenters. The van der Waals surface area contributed by atoms with Gasteiger partial charge < -0.3 is 15.2 Å². The Balaban J connectivity index is 2.43. The van der Waals surface area contributed by atoms with E-state index >= 15 is 0 Å². The molecular formula is C14H21NO3. The molecule has 2 N–H and O–H groups in total. The minimum Gasteiger partial charge on any atom is -0.469 e. The van der Waals surface area contributed by atoms with Gasteiger partial charge in [-0.1, -0.05) is 18.2 Å². The van der Waals surface area contributed by atoms with Gasteiger partial charge >= 0.3 is 5.97 Å². The largest absolute Gasteiger partial charge is 0.469 e. The Labute approximate surface area is 108 Å². The number of anilines is 1. The smallest absolute Gasteiger partial charge is 0.305 e. The quantitative estimate of drug-likeness (QED) is 0.759. The molecule has 0 heterocycles. The molecule has 0 fully saturated rings. The van der Waals surface area contributed by atoms with E-state index < -0.39 is 6.10 Å². The first-order valence-electron chi connectivity index (χ1n) is 6.09. The standard InChI is InChI=1S/C14H21NO3/c1-10-5-4-6-11(2)14(10)15-9-12(16)7-8-13(17)18-3/h4-6,12,15-16H,7-9H2,1-3H3. The molecule has 0 aliphatic rings. The normalized spacial score (nSPS) is 12.0. The molecule has 4 nitrogen and oxygen atoms in total. The summed E-state index contributed by atoms with van der Waals surface area (Å²) >= 11 is 0. The number of carbonyl (C=O) groups is 1. The maximum absolute atomic E-state index is 10.9. The number of aliphatic hydroxyl groups excluding tert-OH is 1. The number of hydrogen-bond acceptors (Lipinski definition) is 4. The lowest BCUT2D eigenvalue weighted by atomic mass is 10.1. The van der Waals surface area contributed by atoms with Crippen LogP contribution in [0.15, 0.2) is 18.2 Å². The Morgan fingerprint density at radius 1 is 1.39 bits per heavy atom. The van der Waals surface area contributed by atoms with Gasteiger partial charge in [0.25, 0.3) is 0 Å². The van der Waals surface area contributed by atoms with Crippen molar-refractivity contribution in [2.45, 2.75) is 32.8 Å². The molecule has 100 valence electrons. The molecule has 1 atom stereocenters. The summed E-state index contributed by atoms with van der Waals surface area (Å²) in [6.45, 7) is 4.48. The van der Waals surface area contributed by atoms with Gasteiger partial charge in [-0.3, -0.25) is 4.79 Å². The van der Waals surface area contributed by atoms with E-state index in [1.54, 1.807) is 0 Å². The van der Waals surface area contributed by atoms with Crippen LogP contribution in [0.1, 0.15) is 24.0 Å². The molecule has 1 aromatic rings. The molecular weight excluding hydrogens is 230 g/mol. The van der Waals surface area contributed by atoms with Crippen LogP contribution in [-0.2, 0) is 9.53 Å². The van der Waals surface area contributed by atoms with E-state index in [0.29, 0.717) is 13.0 Å². The monoisotopic (exact) mass is 251 g/mol. The molecule has 0 bridgehead atoms. The van der Waals surface area contributed by atoms with Gasteiger partial charge in [0.1, 0.15) is 0 Å². The highest BCUT2D eigenvalue weighted by Crippen LogP contribution is 2.19. The number of nitrogens with one attached hydrogen (secondary N) is 1. The van der Waals surface area contributed by atoms with E-state index in [1.165, 1.54) is 7.11 Å². The van der Waals surface area contributed by atoms with Crippen molar-refractivity contribution in [3.63, 3.8) is 0 Å². The van der Waals surface area contributed by atoms with E-state index in [2.05, 4.69) is 10.1 Å². The number of benzene rings is 1. The zero-order valence-electron chi connectivity index (χ0n) is 11.2. The Morgan fingerprint density at radius 3 is 2.56 bits per heavy atom. The third-order valence-corrected chi connectivity index (χ3v) is 2.90. The summed E-state index contributed by atoms with van der Waals surface area (Å²) in [4.78, 5) is 10.9. The van der Waals surface area contributed by atoms with Crippen molar-refractivity contribution >= 4 is 11.7 Å². The molecule has 1 aromatic carbocycles. The third-order valence-electron chi connectivity index (χ3n) is 2.90. The Kier molecular flexibility index (Phi) is 5.65. The highest BCUT2D eigenvalue weighted by atomic mass is 16.5. The fourth-order valence-electron chi connectivity index (χ4n) is 1.80. The van der Waals surface area contributed by atoms with Crippen LogP contribution in [0.25, 0.3) is 0 Å². The zero-order chi connectivity index (χ0) is 13.5. The fourth-order valence-corrected chi connectivity index (χ4v) is 1.80. The lowest BCUT2D eigenvalue weighted by Crippen LogP contribution is -2.21. The molecule has 1 rings (SSSR count). The number of carbonyl (C=O) groups excluding carboxylic acids is 1. The van der Waals surface area contributed by atoms with Gasteiger partial charge in [0, 0.05) is 18.7 Å². The van der Waals surface area contributed by atoms with Crippen LogP contribution < -0.4 is 5.32 Å². The second-order valence-corrected chi connectivity index (χ2v) is 4.42. The average Bonchev–Trinajstić information content (AvgIpc) is 2.35. The van der Waals surface area contributed by atoms with Gasteiger partial charge in [0.2, 0.25) is 0 Å². The van der Waals surface area contributed by atoms with Crippen LogP contribution in [0.2, 0.25) is 0 Å². The zero-order valence-corrected chi connectivity index (χ0v) is 11.2. The summed E-state index contributed by atoms with van der Waals surface area (Å²) in [5.41, 5.74) is 3.35. The lowest BCUT2D eigenvalue weighted by Gasteiger charge is -2.15. The number of aliphatic hydroxyl groups is 1. The predicted octanol–water partition coefficient (Wildman–Crippen LogP) is 2.03. The second-order valence-electron chi connectivity index (χ2n) is 4.42. The topological polar surface area (TPSA) is 58.6 Å². The van der Waals surface area contributed by atoms with Crippen LogP contribution in [0.3, 0.4) is 0 Å². The number of rotatable bonds is 6. The first kappa shape index (κ1) is 14.5.